The van der Waals surface area contributed by atoms with Gasteiger partial charge in [-0.1, -0.05) is 11.6 Å². The third-order valence-corrected chi connectivity index (χ3v) is 2.21. The van der Waals surface area contributed by atoms with Gasteiger partial charge in [-0.15, -0.1) is 0 Å². The molecule has 0 fully saturated rings. The van der Waals surface area contributed by atoms with Gasteiger partial charge in [0.2, 0.25) is 0 Å². The highest BCUT2D eigenvalue weighted by Crippen LogP contribution is 2.14. The maximum atomic E-state index is 10.5. The summed E-state index contributed by atoms with van der Waals surface area (Å²) < 4.78 is 21.0. The van der Waals surface area contributed by atoms with E-state index in [1.807, 2.05) is 0 Å². The highest BCUT2D eigenvalue weighted by atomic mass is 35.7. The third kappa shape index (κ3) is 1.62. The Labute approximate surface area is 66.6 Å². The zero-order chi connectivity index (χ0) is 7.78. The van der Waals surface area contributed by atoms with Gasteiger partial charge in [-0.3, -0.25) is 5.10 Å². The predicted molar refractivity (Wildman–Crippen MR) is 36.6 cm³/mol. The van der Waals surface area contributed by atoms with Gasteiger partial charge in [0, 0.05) is 16.7 Å². The lowest BCUT2D eigenvalue weighted by Gasteiger charge is -1.83. The molecule has 0 spiro atoms. The molecule has 0 aliphatic rings. The molecule has 0 atom stereocenters. The van der Waals surface area contributed by atoms with Crippen LogP contribution < -0.4 is 0 Å². The molecule has 0 saturated heterocycles. The molecule has 0 bridgehead atoms. The molecule has 1 N–H and O–H groups in total. The van der Waals surface area contributed by atoms with E-state index in [0.29, 0.717) is 0 Å². The Morgan fingerprint density at radius 2 is 2.20 bits per heavy atom. The van der Waals surface area contributed by atoms with E-state index in [0.717, 1.165) is 6.07 Å². The smallest absolute Gasteiger partial charge is 0.265 e. The Kier molecular flexibility index (Phi) is 1.89. The molecular weight excluding hydrogens is 199 g/mol. The van der Waals surface area contributed by atoms with Crippen LogP contribution in [0.2, 0.25) is 5.15 Å². The van der Waals surface area contributed by atoms with E-state index in [1.54, 1.807) is 0 Å². The van der Waals surface area contributed by atoms with E-state index in [9.17, 15) is 8.42 Å². The number of halogens is 2. The van der Waals surface area contributed by atoms with Crippen LogP contribution in [0.4, 0.5) is 0 Å². The molecule has 1 rings (SSSR count). The summed E-state index contributed by atoms with van der Waals surface area (Å²) in [5.41, 5.74) is 0. The number of hydrogen-bond donors (Lipinski definition) is 1. The quantitative estimate of drug-likeness (QED) is 0.689. The van der Waals surface area contributed by atoms with Crippen molar-refractivity contribution < 1.29 is 8.42 Å². The number of aromatic amines is 1. The molecule has 1 heterocycles. The standard InChI is InChI=1S/C3H2Cl2N2O2S/c4-2-1-3(7-6-2)10(5,8)9/h1H,(H,6,7). The van der Waals surface area contributed by atoms with Crippen LogP contribution in [0.1, 0.15) is 0 Å². The van der Waals surface area contributed by atoms with Gasteiger partial charge in [0.15, 0.2) is 10.2 Å². The van der Waals surface area contributed by atoms with Crippen molar-refractivity contribution in [1.29, 1.82) is 0 Å². The average Bonchev–Trinajstić information content (AvgIpc) is 2.11. The number of nitrogens with one attached hydrogen (secondary N) is 1. The van der Waals surface area contributed by atoms with Gasteiger partial charge in [-0.25, -0.2) is 8.42 Å². The lowest BCUT2D eigenvalue weighted by Crippen LogP contribution is -1.89. The fourth-order valence-electron chi connectivity index (χ4n) is 0.406. The van der Waals surface area contributed by atoms with Crippen molar-refractivity contribution in [2.75, 3.05) is 0 Å². The molecule has 7 heteroatoms. The van der Waals surface area contributed by atoms with Gasteiger partial charge in [0.25, 0.3) is 9.05 Å². The summed E-state index contributed by atoms with van der Waals surface area (Å²) in [6.45, 7) is 0. The van der Waals surface area contributed by atoms with Gasteiger partial charge in [0.1, 0.15) is 0 Å². The molecule has 4 nitrogen and oxygen atoms in total. The number of aromatic nitrogens is 2. The van der Waals surface area contributed by atoms with Crippen LogP contribution in [-0.2, 0) is 9.05 Å². The Morgan fingerprint density at radius 3 is 2.40 bits per heavy atom. The van der Waals surface area contributed by atoms with Gasteiger partial charge >= 0.3 is 0 Å². The van der Waals surface area contributed by atoms with Crippen molar-refractivity contribution >= 4 is 31.3 Å². The number of nitrogens with zero attached hydrogens (tertiary/aromatic N) is 1. The van der Waals surface area contributed by atoms with Crippen LogP contribution in [0.5, 0.6) is 0 Å². The molecule has 56 valence electrons. The first kappa shape index (κ1) is 7.84. The van der Waals surface area contributed by atoms with Crippen molar-refractivity contribution in [1.82, 2.24) is 10.2 Å². The summed E-state index contributed by atoms with van der Waals surface area (Å²) in [6.07, 6.45) is 0. The molecule has 0 saturated carbocycles. The van der Waals surface area contributed by atoms with Gasteiger partial charge in [-0.2, -0.15) is 5.10 Å². The van der Waals surface area contributed by atoms with Crippen molar-refractivity contribution in [3.8, 4) is 0 Å². The largest absolute Gasteiger partial charge is 0.278 e. The Hall–Kier alpha value is -0.260. The Morgan fingerprint density at radius 1 is 1.60 bits per heavy atom. The van der Waals surface area contributed by atoms with Crippen LogP contribution in [0.25, 0.3) is 0 Å². The molecule has 1 aromatic heterocycles. The third-order valence-electron chi connectivity index (χ3n) is 0.786. The number of hydrogen-bond acceptors (Lipinski definition) is 3. The second kappa shape index (κ2) is 2.41. The second-order valence-corrected chi connectivity index (χ2v) is 4.41. The molecule has 10 heavy (non-hydrogen) atoms. The second-order valence-electron chi connectivity index (χ2n) is 1.49. The summed E-state index contributed by atoms with van der Waals surface area (Å²) in [5.74, 6) is 0. The highest BCUT2D eigenvalue weighted by molar-refractivity contribution is 8.13. The minimum atomic E-state index is -3.71. The summed E-state index contributed by atoms with van der Waals surface area (Å²) in [5, 5.41) is 5.38. The number of H-pyrrole nitrogens is 1. The normalized spacial score (nSPS) is 11.8. The first-order valence-electron chi connectivity index (χ1n) is 2.16. The highest BCUT2D eigenvalue weighted by Gasteiger charge is 2.12. The minimum Gasteiger partial charge on any atom is -0.265 e. The van der Waals surface area contributed by atoms with E-state index in [2.05, 4.69) is 10.2 Å². The van der Waals surface area contributed by atoms with E-state index in [4.69, 9.17) is 22.3 Å². The summed E-state index contributed by atoms with van der Waals surface area (Å²) in [6, 6.07) is 1.13. The maximum absolute atomic E-state index is 10.5. The van der Waals surface area contributed by atoms with Crippen molar-refractivity contribution in [2.24, 2.45) is 0 Å². The zero-order valence-corrected chi connectivity index (χ0v) is 6.83. The van der Waals surface area contributed by atoms with Crippen LogP contribution >= 0.6 is 22.3 Å². The minimum absolute atomic E-state index is 0.0687. The number of rotatable bonds is 1. The van der Waals surface area contributed by atoms with Gasteiger partial charge < -0.3 is 0 Å². The van der Waals surface area contributed by atoms with Crippen LogP contribution in [0, 0.1) is 0 Å². The molecule has 0 aliphatic heterocycles. The fourth-order valence-corrected chi connectivity index (χ4v) is 1.27. The summed E-state index contributed by atoms with van der Waals surface area (Å²) >= 11 is 5.30. The summed E-state index contributed by atoms with van der Waals surface area (Å²) in [4.78, 5) is 0. The van der Waals surface area contributed by atoms with Crippen LogP contribution in [0.3, 0.4) is 0 Å². The molecule has 0 amide bonds. The van der Waals surface area contributed by atoms with Crippen LogP contribution in [-0.4, -0.2) is 18.6 Å². The van der Waals surface area contributed by atoms with Gasteiger partial charge in [-0.05, 0) is 0 Å². The molecule has 0 aliphatic carbocycles. The molecule has 0 aromatic carbocycles. The molecule has 0 radical (unpaired) electrons. The molecule has 0 unspecified atom stereocenters. The average molecular weight is 201 g/mol. The van der Waals surface area contributed by atoms with Crippen molar-refractivity contribution in [3.63, 3.8) is 0 Å². The van der Waals surface area contributed by atoms with E-state index >= 15 is 0 Å². The van der Waals surface area contributed by atoms with E-state index < -0.39 is 9.05 Å². The molecule has 1 aromatic rings. The topological polar surface area (TPSA) is 62.8 Å². The first-order chi connectivity index (χ1) is 4.50. The summed E-state index contributed by atoms with van der Waals surface area (Å²) in [7, 11) is 1.20. The van der Waals surface area contributed by atoms with E-state index in [1.165, 1.54) is 0 Å². The van der Waals surface area contributed by atoms with Crippen molar-refractivity contribution in [2.45, 2.75) is 5.03 Å². The predicted octanol–water partition coefficient (Wildman–Crippen LogP) is 0.991. The van der Waals surface area contributed by atoms with Crippen molar-refractivity contribution in [3.05, 3.63) is 11.2 Å². The van der Waals surface area contributed by atoms with Crippen LogP contribution in [0.15, 0.2) is 11.1 Å². The lowest BCUT2D eigenvalue weighted by molar-refractivity contribution is 0.605. The maximum Gasteiger partial charge on any atom is 0.278 e. The monoisotopic (exact) mass is 200 g/mol. The van der Waals surface area contributed by atoms with Gasteiger partial charge in [0.05, 0.1) is 0 Å². The Balaban J connectivity index is 3.21. The fraction of sp³-hybridized carbons (Fsp3) is 0. The SMILES string of the molecule is O=S(=O)(Cl)c1cc(Cl)n[nH]1. The first-order valence-corrected chi connectivity index (χ1v) is 4.84. The molecular formula is C3H2Cl2N2O2S. The lowest BCUT2D eigenvalue weighted by atomic mass is 10.7. The van der Waals surface area contributed by atoms with E-state index in [-0.39, 0.29) is 10.2 Å². The Bertz CT molecular complexity index is 330. The zero-order valence-electron chi connectivity index (χ0n) is 4.51.